The highest BCUT2D eigenvalue weighted by atomic mass is 19.1. The maximum absolute atomic E-state index is 13.3. The van der Waals surface area contributed by atoms with E-state index in [4.69, 9.17) is 15.2 Å². The number of primary amides is 1. The van der Waals surface area contributed by atoms with Crippen LogP contribution in [0.1, 0.15) is 18.0 Å². The van der Waals surface area contributed by atoms with Crippen LogP contribution < -0.4 is 5.73 Å². The van der Waals surface area contributed by atoms with E-state index in [1.54, 1.807) is 24.1 Å². The second-order valence-corrected chi connectivity index (χ2v) is 4.80. The van der Waals surface area contributed by atoms with Crippen molar-refractivity contribution in [2.75, 3.05) is 26.8 Å². The van der Waals surface area contributed by atoms with Crippen molar-refractivity contribution in [1.29, 1.82) is 0 Å². The number of hydrogen-bond acceptors (Lipinski definition) is 4. The Bertz CT molecular complexity index is 463. The first-order chi connectivity index (χ1) is 9.58. The molecule has 20 heavy (non-hydrogen) atoms. The average molecular weight is 282 g/mol. The van der Waals surface area contributed by atoms with Gasteiger partial charge < -0.3 is 15.2 Å². The topological polar surface area (TPSA) is 64.8 Å². The van der Waals surface area contributed by atoms with Crippen LogP contribution in [0.25, 0.3) is 0 Å². The van der Waals surface area contributed by atoms with Gasteiger partial charge >= 0.3 is 0 Å². The Hall–Kier alpha value is -1.50. The quantitative estimate of drug-likeness (QED) is 0.847. The Morgan fingerprint density at radius 2 is 2.20 bits per heavy atom. The van der Waals surface area contributed by atoms with Gasteiger partial charge in [-0.2, -0.15) is 0 Å². The zero-order valence-corrected chi connectivity index (χ0v) is 11.4. The minimum Gasteiger partial charge on any atom is -0.368 e. The van der Waals surface area contributed by atoms with Gasteiger partial charge in [0, 0.05) is 13.0 Å². The van der Waals surface area contributed by atoms with Gasteiger partial charge in [-0.15, -0.1) is 0 Å². The van der Waals surface area contributed by atoms with Crippen LogP contribution in [0.5, 0.6) is 0 Å². The van der Waals surface area contributed by atoms with Crippen LogP contribution in [-0.4, -0.2) is 43.9 Å². The molecule has 0 radical (unpaired) electrons. The lowest BCUT2D eigenvalue weighted by Gasteiger charge is -2.26. The smallest absolute Gasteiger partial charge is 0.239 e. The van der Waals surface area contributed by atoms with Crippen LogP contribution in [0, 0.1) is 5.82 Å². The zero-order chi connectivity index (χ0) is 14.5. The Morgan fingerprint density at radius 1 is 1.50 bits per heavy atom. The third-order valence-corrected chi connectivity index (χ3v) is 3.28. The van der Waals surface area contributed by atoms with Gasteiger partial charge in [-0.1, -0.05) is 12.1 Å². The molecule has 2 rings (SSSR count). The number of likely N-dealkylation sites (N-methyl/N-ethyl adjacent to an activating group) is 1. The van der Waals surface area contributed by atoms with Crippen molar-refractivity contribution >= 4 is 5.91 Å². The predicted octanol–water partition coefficient (Wildman–Crippen LogP) is 1.05. The highest BCUT2D eigenvalue weighted by Crippen LogP contribution is 2.21. The first kappa shape index (κ1) is 14.9. The fraction of sp³-hybridized carbons (Fsp3) is 0.500. The number of carbonyl (C=O) groups excluding carboxylic acids is 1. The molecule has 0 aliphatic carbocycles. The molecule has 1 aromatic rings. The van der Waals surface area contributed by atoms with Crippen LogP contribution >= 0.6 is 0 Å². The SMILES string of the molecule is CN(CCC1OCCO1)[C@H](C(N)=O)c1cccc(F)c1. The minimum atomic E-state index is -0.660. The van der Waals surface area contributed by atoms with Gasteiger partial charge in [-0.25, -0.2) is 4.39 Å². The molecule has 110 valence electrons. The standard InChI is InChI=1S/C14H19FN2O3/c1-17(6-5-12-19-7-8-20-12)13(14(16)18)10-3-2-4-11(15)9-10/h2-4,9,12-13H,5-8H2,1H3,(H2,16,18)/t13-/m0/s1. The molecule has 1 atom stereocenters. The van der Waals surface area contributed by atoms with E-state index < -0.39 is 11.9 Å². The van der Waals surface area contributed by atoms with Gasteiger partial charge in [-0.05, 0) is 24.7 Å². The average Bonchev–Trinajstić information content (AvgIpc) is 2.89. The first-order valence-corrected chi connectivity index (χ1v) is 6.56. The second-order valence-electron chi connectivity index (χ2n) is 4.80. The number of hydrogen-bond donors (Lipinski definition) is 1. The van der Waals surface area contributed by atoms with E-state index in [1.807, 2.05) is 0 Å². The van der Waals surface area contributed by atoms with Gasteiger partial charge in [0.25, 0.3) is 0 Å². The van der Waals surface area contributed by atoms with E-state index in [1.165, 1.54) is 12.1 Å². The summed E-state index contributed by atoms with van der Waals surface area (Å²) < 4.78 is 24.0. The number of rotatable bonds is 6. The Morgan fingerprint density at radius 3 is 2.80 bits per heavy atom. The predicted molar refractivity (Wildman–Crippen MR) is 71.3 cm³/mol. The normalized spacial score (nSPS) is 17.6. The lowest BCUT2D eigenvalue weighted by molar-refractivity contribution is -0.123. The molecular weight excluding hydrogens is 263 g/mol. The molecule has 1 aliphatic rings. The lowest BCUT2D eigenvalue weighted by atomic mass is 10.0. The minimum absolute atomic E-state index is 0.238. The number of amides is 1. The first-order valence-electron chi connectivity index (χ1n) is 6.56. The molecule has 1 aliphatic heterocycles. The maximum Gasteiger partial charge on any atom is 0.239 e. The molecule has 0 spiro atoms. The molecule has 0 bridgehead atoms. The van der Waals surface area contributed by atoms with Crippen molar-refractivity contribution in [2.24, 2.45) is 5.73 Å². The largest absolute Gasteiger partial charge is 0.368 e. The molecule has 1 amide bonds. The van der Waals surface area contributed by atoms with E-state index in [2.05, 4.69) is 0 Å². The van der Waals surface area contributed by atoms with Crippen LogP contribution in [0.3, 0.4) is 0 Å². The number of carbonyl (C=O) groups is 1. The molecule has 1 saturated heterocycles. The summed E-state index contributed by atoms with van der Waals surface area (Å²) in [5, 5.41) is 0. The van der Waals surface area contributed by atoms with Crippen molar-refractivity contribution in [3.63, 3.8) is 0 Å². The van der Waals surface area contributed by atoms with Crippen molar-refractivity contribution < 1.29 is 18.7 Å². The molecule has 0 saturated carbocycles. The van der Waals surface area contributed by atoms with Crippen LogP contribution in [-0.2, 0) is 14.3 Å². The molecule has 1 fully saturated rings. The van der Waals surface area contributed by atoms with E-state index in [0.717, 1.165) is 0 Å². The van der Waals surface area contributed by atoms with Crippen molar-refractivity contribution in [3.8, 4) is 0 Å². The highest BCUT2D eigenvalue weighted by Gasteiger charge is 2.25. The number of benzene rings is 1. The number of nitrogens with two attached hydrogens (primary N) is 1. The highest BCUT2D eigenvalue weighted by molar-refractivity contribution is 5.81. The molecule has 1 heterocycles. The summed E-state index contributed by atoms with van der Waals surface area (Å²) in [5.41, 5.74) is 5.99. The van der Waals surface area contributed by atoms with Crippen molar-refractivity contribution in [1.82, 2.24) is 4.90 Å². The van der Waals surface area contributed by atoms with Gasteiger partial charge in [0.1, 0.15) is 11.9 Å². The number of nitrogens with zero attached hydrogens (tertiary/aromatic N) is 1. The summed E-state index contributed by atoms with van der Waals surface area (Å²) in [6.45, 7) is 1.75. The van der Waals surface area contributed by atoms with Crippen LogP contribution in [0.4, 0.5) is 4.39 Å². The third kappa shape index (κ3) is 3.75. The summed E-state index contributed by atoms with van der Waals surface area (Å²) >= 11 is 0. The molecule has 2 N–H and O–H groups in total. The molecule has 0 unspecified atom stereocenters. The van der Waals surface area contributed by atoms with Gasteiger partial charge in [0.05, 0.1) is 13.2 Å². The Balaban J connectivity index is 2.01. The number of ether oxygens (including phenoxy) is 2. The summed E-state index contributed by atoms with van der Waals surface area (Å²) in [6, 6.07) is 5.26. The molecule has 1 aromatic carbocycles. The van der Waals surface area contributed by atoms with E-state index in [-0.39, 0.29) is 12.1 Å². The molecule has 5 nitrogen and oxygen atoms in total. The second kappa shape index (κ2) is 6.78. The fourth-order valence-corrected chi connectivity index (χ4v) is 2.32. The van der Waals surface area contributed by atoms with Crippen molar-refractivity contribution in [2.45, 2.75) is 18.8 Å². The molecule has 0 aromatic heterocycles. The Labute approximate surface area is 117 Å². The third-order valence-electron chi connectivity index (χ3n) is 3.28. The van der Waals surface area contributed by atoms with E-state index >= 15 is 0 Å². The van der Waals surface area contributed by atoms with Gasteiger partial charge in [0.15, 0.2) is 6.29 Å². The number of halogens is 1. The van der Waals surface area contributed by atoms with Gasteiger partial charge in [-0.3, -0.25) is 9.69 Å². The van der Waals surface area contributed by atoms with Crippen molar-refractivity contribution in [3.05, 3.63) is 35.6 Å². The summed E-state index contributed by atoms with van der Waals surface area (Å²) in [6.07, 6.45) is 0.397. The summed E-state index contributed by atoms with van der Waals surface area (Å²) in [7, 11) is 1.77. The van der Waals surface area contributed by atoms with E-state index in [9.17, 15) is 9.18 Å². The maximum atomic E-state index is 13.3. The summed E-state index contributed by atoms with van der Waals surface area (Å²) in [4.78, 5) is 13.4. The van der Waals surface area contributed by atoms with Crippen LogP contribution in [0.2, 0.25) is 0 Å². The van der Waals surface area contributed by atoms with Gasteiger partial charge in [0.2, 0.25) is 5.91 Å². The fourth-order valence-electron chi connectivity index (χ4n) is 2.32. The lowest BCUT2D eigenvalue weighted by Crippen LogP contribution is -2.37. The van der Waals surface area contributed by atoms with Crippen LogP contribution in [0.15, 0.2) is 24.3 Å². The Kier molecular flexibility index (Phi) is 5.05. The zero-order valence-electron chi connectivity index (χ0n) is 11.4. The van der Waals surface area contributed by atoms with E-state index in [0.29, 0.717) is 31.7 Å². The monoisotopic (exact) mass is 282 g/mol. The molecular formula is C14H19FN2O3. The molecule has 6 heteroatoms. The summed E-state index contributed by atoms with van der Waals surface area (Å²) in [5.74, 6) is -0.893.